The van der Waals surface area contributed by atoms with Crippen LogP contribution in [-0.4, -0.2) is 19.5 Å². The smallest absolute Gasteiger partial charge is 0.262 e. The van der Waals surface area contributed by atoms with Crippen molar-refractivity contribution in [3.8, 4) is 0 Å². The number of hydrogen-bond donors (Lipinski definition) is 0. The average molecular weight is 318 g/mol. The summed E-state index contributed by atoms with van der Waals surface area (Å²) in [6.07, 6.45) is 1.63. The second kappa shape index (κ2) is 6.31. The summed E-state index contributed by atoms with van der Waals surface area (Å²) in [5.74, 6) is 0.563. The molecular formula is C12H20BrN3O2. The Morgan fingerprint density at radius 2 is 2.11 bits per heavy atom. The largest absolute Gasteiger partial charge is 0.313 e. The Morgan fingerprint density at radius 3 is 2.56 bits per heavy atom. The van der Waals surface area contributed by atoms with E-state index in [1.807, 2.05) is 6.92 Å². The maximum absolute atomic E-state index is 11.1. The first kappa shape index (κ1) is 15.1. The van der Waals surface area contributed by atoms with Crippen LogP contribution in [0.25, 0.3) is 0 Å². The fourth-order valence-electron chi connectivity index (χ4n) is 2.13. The van der Waals surface area contributed by atoms with Gasteiger partial charge in [0.2, 0.25) is 0 Å². The van der Waals surface area contributed by atoms with Gasteiger partial charge in [0.15, 0.2) is 0 Å². The van der Waals surface area contributed by atoms with Crippen LogP contribution in [0.5, 0.6) is 0 Å². The van der Waals surface area contributed by atoms with E-state index in [9.17, 15) is 10.1 Å². The van der Waals surface area contributed by atoms with E-state index in [-0.39, 0.29) is 15.4 Å². The molecule has 102 valence electrons. The lowest BCUT2D eigenvalue weighted by Crippen LogP contribution is -2.12. The van der Waals surface area contributed by atoms with E-state index in [0.29, 0.717) is 24.6 Å². The van der Waals surface area contributed by atoms with E-state index in [2.05, 4.69) is 34.9 Å². The third kappa shape index (κ3) is 3.54. The number of halogens is 1. The number of aromatic nitrogens is 2. The number of alkyl halides is 1. The molecule has 0 saturated carbocycles. The maximum atomic E-state index is 11.1. The molecule has 5 nitrogen and oxygen atoms in total. The second-order valence-corrected chi connectivity index (χ2v) is 6.18. The first-order valence-corrected chi connectivity index (χ1v) is 7.13. The molecule has 0 aliphatic heterocycles. The molecule has 0 radical (unpaired) electrons. The summed E-state index contributed by atoms with van der Waals surface area (Å²) in [4.78, 5) is 11.0. The Morgan fingerprint density at radius 1 is 1.50 bits per heavy atom. The minimum atomic E-state index is -0.321. The first-order chi connectivity index (χ1) is 8.36. The normalized spacial score (nSPS) is 13.0. The zero-order valence-electron chi connectivity index (χ0n) is 11.3. The van der Waals surface area contributed by atoms with Crippen molar-refractivity contribution in [1.82, 2.24) is 9.78 Å². The molecule has 6 heteroatoms. The molecule has 1 aromatic rings. The SMILES string of the molecule is CCn1nc(C)c([N+](=O)[O-])c1CC(Br)CC(C)C. The van der Waals surface area contributed by atoms with Crippen LogP contribution >= 0.6 is 15.9 Å². The topological polar surface area (TPSA) is 61.0 Å². The highest BCUT2D eigenvalue weighted by atomic mass is 79.9. The summed E-state index contributed by atoms with van der Waals surface area (Å²) >= 11 is 3.61. The van der Waals surface area contributed by atoms with E-state index in [4.69, 9.17) is 0 Å². The van der Waals surface area contributed by atoms with Crippen LogP contribution in [0.2, 0.25) is 0 Å². The Labute approximate surface area is 116 Å². The van der Waals surface area contributed by atoms with Gasteiger partial charge in [0, 0.05) is 17.8 Å². The minimum Gasteiger partial charge on any atom is -0.262 e. The summed E-state index contributed by atoms with van der Waals surface area (Å²) < 4.78 is 1.74. The quantitative estimate of drug-likeness (QED) is 0.458. The molecule has 0 N–H and O–H groups in total. The van der Waals surface area contributed by atoms with Crippen molar-refractivity contribution in [1.29, 1.82) is 0 Å². The van der Waals surface area contributed by atoms with Crippen molar-refractivity contribution in [3.63, 3.8) is 0 Å². The highest BCUT2D eigenvalue weighted by molar-refractivity contribution is 9.09. The highest BCUT2D eigenvalue weighted by Crippen LogP contribution is 2.27. The molecule has 0 fully saturated rings. The zero-order chi connectivity index (χ0) is 13.9. The van der Waals surface area contributed by atoms with Crippen LogP contribution in [0.4, 0.5) is 5.69 Å². The molecule has 1 rings (SSSR count). The van der Waals surface area contributed by atoms with Gasteiger partial charge in [0.05, 0.1) is 4.92 Å². The standard InChI is InChI=1S/C12H20BrN3O2/c1-5-15-11(7-10(13)6-8(2)3)12(16(17)18)9(4)14-15/h8,10H,5-7H2,1-4H3. The monoisotopic (exact) mass is 317 g/mol. The molecule has 0 amide bonds. The predicted molar refractivity (Wildman–Crippen MR) is 75.2 cm³/mol. The molecule has 0 spiro atoms. The van der Waals surface area contributed by atoms with E-state index < -0.39 is 0 Å². The number of nitro groups is 1. The number of hydrogen-bond acceptors (Lipinski definition) is 3. The lowest BCUT2D eigenvalue weighted by molar-refractivity contribution is -0.386. The van der Waals surface area contributed by atoms with Crippen molar-refractivity contribution >= 4 is 21.6 Å². The molecule has 1 unspecified atom stereocenters. The Balaban J connectivity index is 3.02. The maximum Gasteiger partial charge on any atom is 0.313 e. The summed E-state index contributed by atoms with van der Waals surface area (Å²) in [7, 11) is 0. The average Bonchev–Trinajstić information content (AvgIpc) is 2.53. The summed E-state index contributed by atoms with van der Waals surface area (Å²) in [6.45, 7) is 8.59. The molecule has 0 aliphatic carbocycles. The van der Waals surface area contributed by atoms with Gasteiger partial charge < -0.3 is 0 Å². The fourth-order valence-corrected chi connectivity index (χ4v) is 3.18. The molecule has 0 aromatic carbocycles. The van der Waals surface area contributed by atoms with Crippen molar-refractivity contribution in [3.05, 3.63) is 21.5 Å². The van der Waals surface area contributed by atoms with E-state index >= 15 is 0 Å². The van der Waals surface area contributed by atoms with Crippen LogP contribution in [0.15, 0.2) is 0 Å². The van der Waals surface area contributed by atoms with Crippen LogP contribution in [0.3, 0.4) is 0 Å². The molecule has 1 atom stereocenters. The van der Waals surface area contributed by atoms with Crippen molar-refractivity contribution in [2.45, 2.75) is 51.9 Å². The number of aryl methyl sites for hydroxylation is 2. The van der Waals surface area contributed by atoms with Gasteiger partial charge in [0.1, 0.15) is 11.4 Å². The molecule has 0 saturated heterocycles. The van der Waals surface area contributed by atoms with E-state index in [1.54, 1.807) is 11.6 Å². The molecule has 1 aromatic heterocycles. The van der Waals surface area contributed by atoms with E-state index in [0.717, 1.165) is 12.1 Å². The van der Waals surface area contributed by atoms with Crippen molar-refractivity contribution in [2.24, 2.45) is 5.92 Å². The van der Waals surface area contributed by atoms with Gasteiger partial charge in [-0.1, -0.05) is 29.8 Å². The third-order valence-electron chi connectivity index (χ3n) is 2.82. The van der Waals surface area contributed by atoms with Gasteiger partial charge in [-0.05, 0) is 26.2 Å². The molecule has 1 heterocycles. The van der Waals surface area contributed by atoms with Gasteiger partial charge in [-0.2, -0.15) is 5.10 Å². The van der Waals surface area contributed by atoms with Crippen molar-refractivity contribution < 1.29 is 4.92 Å². The van der Waals surface area contributed by atoms with Crippen LogP contribution in [-0.2, 0) is 13.0 Å². The lowest BCUT2D eigenvalue weighted by atomic mass is 10.0. The second-order valence-electron chi connectivity index (χ2n) is 4.88. The van der Waals surface area contributed by atoms with E-state index in [1.165, 1.54) is 0 Å². The Kier molecular flexibility index (Phi) is 5.31. The third-order valence-corrected chi connectivity index (χ3v) is 3.52. The molecule has 0 bridgehead atoms. The molecular weight excluding hydrogens is 298 g/mol. The van der Waals surface area contributed by atoms with Crippen LogP contribution in [0, 0.1) is 23.0 Å². The zero-order valence-corrected chi connectivity index (χ0v) is 12.9. The molecule has 18 heavy (non-hydrogen) atoms. The van der Waals surface area contributed by atoms with Crippen LogP contribution < -0.4 is 0 Å². The highest BCUT2D eigenvalue weighted by Gasteiger charge is 2.26. The van der Waals surface area contributed by atoms with Gasteiger partial charge >= 0.3 is 5.69 Å². The summed E-state index contributed by atoms with van der Waals surface area (Å²) in [5.41, 5.74) is 1.40. The number of nitrogens with zero attached hydrogens (tertiary/aromatic N) is 3. The summed E-state index contributed by atoms with van der Waals surface area (Å²) in [6, 6.07) is 0. The number of rotatable bonds is 6. The van der Waals surface area contributed by atoms with Crippen molar-refractivity contribution in [2.75, 3.05) is 0 Å². The Hall–Kier alpha value is -0.910. The minimum absolute atomic E-state index is 0.171. The van der Waals surface area contributed by atoms with Gasteiger partial charge in [0.25, 0.3) is 0 Å². The first-order valence-electron chi connectivity index (χ1n) is 6.21. The summed E-state index contributed by atoms with van der Waals surface area (Å²) in [5, 5.41) is 15.3. The van der Waals surface area contributed by atoms with Gasteiger partial charge in [-0.15, -0.1) is 0 Å². The molecule has 0 aliphatic rings. The fraction of sp³-hybridized carbons (Fsp3) is 0.750. The predicted octanol–water partition coefficient (Wildman–Crippen LogP) is 3.47. The lowest BCUT2D eigenvalue weighted by Gasteiger charge is -2.12. The van der Waals surface area contributed by atoms with Gasteiger partial charge in [-0.25, -0.2) is 0 Å². The van der Waals surface area contributed by atoms with Crippen LogP contribution in [0.1, 0.15) is 38.6 Å². The Bertz CT molecular complexity index is 429. The van der Waals surface area contributed by atoms with Gasteiger partial charge in [-0.3, -0.25) is 14.8 Å².